The van der Waals surface area contributed by atoms with E-state index in [9.17, 15) is 9.59 Å². The zero-order valence-corrected chi connectivity index (χ0v) is 13.0. The molecule has 2 aromatic rings. The third-order valence-corrected chi connectivity index (χ3v) is 3.64. The van der Waals surface area contributed by atoms with Crippen LogP contribution in [0.25, 0.3) is 0 Å². The number of benzene rings is 2. The minimum absolute atomic E-state index is 0.0370. The van der Waals surface area contributed by atoms with Gasteiger partial charge in [0, 0.05) is 11.3 Å². The number of fused-ring (bicyclic) bond motifs is 1. The number of nitriles is 1. The normalized spacial score (nSPS) is 12.1. The highest BCUT2D eigenvalue weighted by molar-refractivity contribution is 6.03. The predicted molar refractivity (Wildman–Crippen MR) is 86.3 cm³/mol. The van der Waals surface area contributed by atoms with Crippen molar-refractivity contribution in [3.63, 3.8) is 0 Å². The molecule has 1 amide bonds. The molecule has 6 heteroatoms. The van der Waals surface area contributed by atoms with Crippen LogP contribution in [0, 0.1) is 18.3 Å². The van der Waals surface area contributed by atoms with Gasteiger partial charge in [0.15, 0.2) is 13.2 Å². The van der Waals surface area contributed by atoms with Crippen LogP contribution in [0.1, 0.15) is 21.5 Å². The highest BCUT2D eigenvalue weighted by Gasteiger charge is 2.24. The van der Waals surface area contributed by atoms with E-state index in [1.165, 1.54) is 0 Å². The zero-order valence-electron chi connectivity index (χ0n) is 13.0. The number of rotatable bonds is 4. The van der Waals surface area contributed by atoms with Gasteiger partial charge in [-0.2, -0.15) is 5.26 Å². The summed E-state index contributed by atoms with van der Waals surface area (Å²) < 4.78 is 10.9. The predicted octanol–water partition coefficient (Wildman–Crippen LogP) is 2.46. The zero-order chi connectivity index (χ0) is 17.1. The Bertz CT molecular complexity index is 868. The van der Waals surface area contributed by atoms with Crippen LogP contribution >= 0.6 is 0 Å². The van der Waals surface area contributed by atoms with Gasteiger partial charge in [-0.15, -0.1) is 0 Å². The van der Waals surface area contributed by atoms with Crippen LogP contribution in [0.15, 0.2) is 36.4 Å². The highest BCUT2D eigenvalue weighted by atomic mass is 16.5. The lowest BCUT2D eigenvalue weighted by Crippen LogP contribution is -2.20. The van der Waals surface area contributed by atoms with Gasteiger partial charge in [-0.1, -0.05) is 6.07 Å². The number of hydrogen-bond acceptors (Lipinski definition) is 5. The van der Waals surface area contributed by atoms with E-state index in [-0.39, 0.29) is 24.9 Å². The Morgan fingerprint density at radius 3 is 3.00 bits per heavy atom. The van der Waals surface area contributed by atoms with E-state index in [1.54, 1.807) is 43.3 Å². The monoisotopic (exact) mass is 322 g/mol. The maximum absolute atomic E-state index is 12.0. The standard InChI is InChI=1S/C18H14N2O4/c1-11-16(6-5-14-15(21)9-24-18(11)14)23-10-17(22)20-13-4-2-3-12(7-13)8-19/h2-7H,9-10H2,1H3,(H,20,22). The fourth-order valence-corrected chi connectivity index (χ4v) is 2.46. The largest absolute Gasteiger partial charge is 0.484 e. The van der Waals surface area contributed by atoms with E-state index >= 15 is 0 Å². The van der Waals surface area contributed by atoms with E-state index in [0.717, 1.165) is 0 Å². The SMILES string of the molecule is Cc1c(OCC(=O)Nc2cccc(C#N)c2)ccc2c1OCC2=O. The number of anilines is 1. The molecule has 0 unspecified atom stereocenters. The Balaban J connectivity index is 1.65. The maximum atomic E-state index is 12.0. The van der Waals surface area contributed by atoms with Crippen LogP contribution in [-0.2, 0) is 4.79 Å². The number of ether oxygens (including phenoxy) is 2. The Labute approximate surface area is 138 Å². The lowest BCUT2D eigenvalue weighted by Gasteiger charge is -2.11. The van der Waals surface area contributed by atoms with Crippen molar-refractivity contribution in [3.05, 3.63) is 53.1 Å². The van der Waals surface area contributed by atoms with Crippen molar-refractivity contribution in [3.8, 4) is 17.6 Å². The first-order valence-electron chi connectivity index (χ1n) is 7.31. The number of carbonyl (C=O) groups excluding carboxylic acids is 2. The van der Waals surface area contributed by atoms with Gasteiger partial charge in [0.25, 0.3) is 5.91 Å². The number of carbonyl (C=O) groups is 2. The van der Waals surface area contributed by atoms with Gasteiger partial charge in [-0.25, -0.2) is 0 Å². The fraction of sp³-hybridized carbons (Fsp3) is 0.167. The van der Waals surface area contributed by atoms with E-state index in [0.29, 0.717) is 33.9 Å². The molecule has 0 radical (unpaired) electrons. The second kappa shape index (κ2) is 6.42. The first-order valence-corrected chi connectivity index (χ1v) is 7.31. The van der Waals surface area contributed by atoms with E-state index in [2.05, 4.69) is 5.32 Å². The number of amides is 1. The molecule has 0 spiro atoms. The summed E-state index contributed by atoms with van der Waals surface area (Å²) in [5, 5.41) is 11.5. The molecular weight excluding hydrogens is 308 g/mol. The molecule has 1 aliphatic rings. The molecule has 2 aromatic carbocycles. The third kappa shape index (κ3) is 3.06. The minimum atomic E-state index is -0.345. The second-order valence-electron chi connectivity index (χ2n) is 5.31. The summed E-state index contributed by atoms with van der Waals surface area (Å²) in [6.07, 6.45) is 0. The summed E-state index contributed by atoms with van der Waals surface area (Å²) in [6, 6.07) is 11.9. The molecule has 0 aromatic heterocycles. The minimum Gasteiger partial charge on any atom is -0.484 e. The van der Waals surface area contributed by atoms with Crippen molar-refractivity contribution in [2.75, 3.05) is 18.5 Å². The van der Waals surface area contributed by atoms with Crippen molar-refractivity contribution in [1.82, 2.24) is 0 Å². The van der Waals surface area contributed by atoms with Gasteiger partial charge < -0.3 is 14.8 Å². The van der Waals surface area contributed by atoms with Crippen LogP contribution < -0.4 is 14.8 Å². The molecule has 24 heavy (non-hydrogen) atoms. The number of nitrogens with zero attached hydrogens (tertiary/aromatic N) is 1. The molecule has 0 fully saturated rings. The second-order valence-corrected chi connectivity index (χ2v) is 5.31. The van der Waals surface area contributed by atoms with Crippen LogP contribution in [-0.4, -0.2) is 24.9 Å². The molecule has 3 rings (SSSR count). The first-order chi connectivity index (χ1) is 11.6. The molecule has 1 heterocycles. The van der Waals surface area contributed by atoms with E-state index in [1.807, 2.05) is 6.07 Å². The molecule has 0 bridgehead atoms. The van der Waals surface area contributed by atoms with Crippen molar-refractivity contribution >= 4 is 17.4 Å². The fourth-order valence-electron chi connectivity index (χ4n) is 2.46. The third-order valence-electron chi connectivity index (χ3n) is 3.64. The molecule has 0 aliphatic carbocycles. The van der Waals surface area contributed by atoms with Gasteiger partial charge in [0.05, 0.1) is 17.2 Å². The van der Waals surface area contributed by atoms with Gasteiger partial charge in [-0.3, -0.25) is 9.59 Å². The van der Waals surface area contributed by atoms with Crippen LogP contribution in [0.5, 0.6) is 11.5 Å². The number of nitrogens with one attached hydrogen (secondary N) is 1. The lowest BCUT2D eigenvalue weighted by molar-refractivity contribution is -0.118. The summed E-state index contributed by atoms with van der Waals surface area (Å²) in [5.74, 6) is 0.598. The molecule has 0 saturated heterocycles. The quantitative estimate of drug-likeness (QED) is 0.934. The maximum Gasteiger partial charge on any atom is 0.262 e. The number of ketones is 1. The van der Waals surface area contributed by atoms with Gasteiger partial charge in [0.1, 0.15) is 11.5 Å². The lowest BCUT2D eigenvalue weighted by atomic mass is 10.1. The summed E-state index contributed by atoms with van der Waals surface area (Å²) in [5.41, 5.74) is 2.22. The Kier molecular flexibility index (Phi) is 4.17. The molecular formula is C18H14N2O4. The van der Waals surface area contributed by atoms with E-state index in [4.69, 9.17) is 14.7 Å². The molecule has 6 nitrogen and oxygen atoms in total. The molecule has 0 atom stereocenters. The topological polar surface area (TPSA) is 88.4 Å². The number of Topliss-reactive ketones (excluding diaryl/α,β-unsaturated/α-hetero) is 1. The average molecular weight is 322 g/mol. The summed E-state index contributed by atoms with van der Waals surface area (Å²) in [4.78, 5) is 23.6. The van der Waals surface area contributed by atoms with Gasteiger partial charge >= 0.3 is 0 Å². The molecule has 0 saturated carbocycles. The Morgan fingerprint density at radius 1 is 1.38 bits per heavy atom. The summed E-state index contributed by atoms with van der Waals surface area (Å²) in [6.45, 7) is 1.63. The van der Waals surface area contributed by atoms with E-state index < -0.39 is 0 Å². The summed E-state index contributed by atoms with van der Waals surface area (Å²) >= 11 is 0. The molecule has 1 N–H and O–H groups in total. The molecule has 120 valence electrons. The van der Waals surface area contributed by atoms with Crippen LogP contribution in [0.3, 0.4) is 0 Å². The first kappa shape index (κ1) is 15.6. The Morgan fingerprint density at radius 2 is 2.21 bits per heavy atom. The summed E-state index contributed by atoms with van der Waals surface area (Å²) in [7, 11) is 0. The van der Waals surface area contributed by atoms with Crippen molar-refractivity contribution in [1.29, 1.82) is 5.26 Å². The number of hydrogen-bond donors (Lipinski definition) is 1. The average Bonchev–Trinajstić information content (AvgIpc) is 2.96. The van der Waals surface area contributed by atoms with Crippen LogP contribution in [0.2, 0.25) is 0 Å². The van der Waals surface area contributed by atoms with Gasteiger partial charge in [-0.05, 0) is 37.3 Å². The van der Waals surface area contributed by atoms with Gasteiger partial charge in [0.2, 0.25) is 5.78 Å². The highest BCUT2D eigenvalue weighted by Crippen LogP contribution is 2.35. The van der Waals surface area contributed by atoms with Crippen molar-refractivity contribution in [2.24, 2.45) is 0 Å². The smallest absolute Gasteiger partial charge is 0.262 e. The Hall–Kier alpha value is -3.33. The van der Waals surface area contributed by atoms with Crippen molar-refractivity contribution < 1.29 is 19.1 Å². The molecule has 1 aliphatic heterocycles. The van der Waals surface area contributed by atoms with Crippen LogP contribution in [0.4, 0.5) is 5.69 Å². The van der Waals surface area contributed by atoms with Crippen molar-refractivity contribution in [2.45, 2.75) is 6.92 Å².